The Labute approximate surface area is 239 Å². The third-order valence-electron chi connectivity index (χ3n) is 5.92. The van der Waals surface area contributed by atoms with Crippen LogP contribution in [0.25, 0.3) is 6.08 Å². The Kier molecular flexibility index (Phi) is 9.36. The summed E-state index contributed by atoms with van der Waals surface area (Å²) in [6, 6.07) is 9.23. The lowest BCUT2D eigenvalue weighted by atomic mass is 10.0. The van der Waals surface area contributed by atoms with Crippen LogP contribution in [-0.4, -0.2) is 52.9 Å². The van der Waals surface area contributed by atoms with Crippen molar-refractivity contribution in [3.63, 3.8) is 0 Å². The zero-order valence-electron chi connectivity index (χ0n) is 22.3. The first-order chi connectivity index (χ1) is 19.4. The number of aliphatic hydroxyl groups excluding tert-OH is 1. The molecule has 1 aromatic heterocycles. The number of ether oxygens (including phenoxy) is 2. The molecule has 4 rings (SSSR count). The molecule has 1 aliphatic heterocycles. The first-order valence-electron chi connectivity index (χ1n) is 12.7. The summed E-state index contributed by atoms with van der Waals surface area (Å²) >= 11 is 6.40. The molecule has 0 unspecified atom stereocenters. The minimum atomic E-state index is -4.50. The second-order valence-electron chi connectivity index (χ2n) is 9.84. The molecule has 0 atom stereocenters. The molecule has 218 valence electrons. The van der Waals surface area contributed by atoms with Gasteiger partial charge in [-0.3, -0.25) is 4.79 Å². The van der Waals surface area contributed by atoms with Crippen molar-refractivity contribution in [3.05, 3.63) is 70.5 Å². The molecular formula is C28H29ClF3N5O4. The fraction of sp³-hybridized carbons (Fsp3) is 0.321. The highest BCUT2D eigenvalue weighted by Crippen LogP contribution is 2.36. The van der Waals surface area contributed by atoms with Gasteiger partial charge in [0.1, 0.15) is 29.5 Å². The van der Waals surface area contributed by atoms with E-state index in [1.54, 1.807) is 18.2 Å². The molecule has 1 amide bonds. The average Bonchev–Trinajstić information content (AvgIpc) is 3.13. The number of aromatic nitrogens is 2. The summed E-state index contributed by atoms with van der Waals surface area (Å²) in [5, 5.41) is 18.4. The topological polar surface area (TPSA) is 118 Å². The number of anilines is 3. The van der Waals surface area contributed by atoms with Crippen LogP contribution in [0.2, 0.25) is 5.02 Å². The molecule has 4 N–H and O–H groups in total. The van der Waals surface area contributed by atoms with E-state index < -0.39 is 17.3 Å². The number of carbonyl (C=O) groups is 1. The monoisotopic (exact) mass is 591 g/mol. The van der Waals surface area contributed by atoms with Gasteiger partial charge < -0.3 is 30.5 Å². The minimum absolute atomic E-state index is 0.00583. The lowest BCUT2D eigenvalue weighted by molar-refractivity contribution is -0.137. The van der Waals surface area contributed by atoms with E-state index in [2.05, 4.69) is 25.9 Å². The second-order valence-corrected chi connectivity index (χ2v) is 10.3. The van der Waals surface area contributed by atoms with Crippen LogP contribution >= 0.6 is 11.6 Å². The van der Waals surface area contributed by atoms with E-state index in [4.69, 9.17) is 26.2 Å². The van der Waals surface area contributed by atoms with Gasteiger partial charge >= 0.3 is 6.18 Å². The van der Waals surface area contributed by atoms with Crippen molar-refractivity contribution >= 4 is 40.9 Å². The number of hydrogen-bond donors (Lipinski definition) is 4. The smallest absolute Gasteiger partial charge is 0.416 e. The fourth-order valence-electron chi connectivity index (χ4n) is 3.99. The molecule has 0 bridgehead atoms. The van der Waals surface area contributed by atoms with Crippen molar-refractivity contribution in [2.75, 3.05) is 37.0 Å². The van der Waals surface area contributed by atoms with E-state index in [0.29, 0.717) is 41.4 Å². The number of halogens is 4. The van der Waals surface area contributed by atoms with Gasteiger partial charge in [0.25, 0.3) is 0 Å². The van der Waals surface area contributed by atoms with Crippen LogP contribution in [0.15, 0.2) is 54.4 Å². The maximum atomic E-state index is 13.1. The number of fused-ring (bicyclic) bond motifs is 1. The number of amides is 1. The number of nitrogens with one attached hydrogen (secondary N) is 3. The Bertz CT molecular complexity index is 1430. The molecule has 0 radical (unpaired) electrons. The van der Waals surface area contributed by atoms with Crippen molar-refractivity contribution in [1.29, 1.82) is 0 Å². The van der Waals surface area contributed by atoms with Gasteiger partial charge in [-0.1, -0.05) is 17.7 Å². The predicted octanol–water partition coefficient (Wildman–Crippen LogP) is 5.79. The van der Waals surface area contributed by atoms with Crippen molar-refractivity contribution in [3.8, 4) is 11.5 Å². The Hall–Kier alpha value is -3.87. The van der Waals surface area contributed by atoms with E-state index in [1.807, 2.05) is 13.8 Å². The third kappa shape index (κ3) is 8.09. The zero-order chi connectivity index (χ0) is 29.6. The molecule has 41 heavy (non-hydrogen) atoms. The molecular weight excluding hydrogens is 563 g/mol. The molecule has 1 aliphatic rings. The Balaban J connectivity index is 1.53. The molecule has 0 spiro atoms. The average molecular weight is 592 g/mol. The summed E-state index contributed by atoms with van der Waals surface area (Å²) in [7, 11) is 0. The second kappa shape index (κ2) is 12.8. The Morgan fingerprint density at radius 3 is 2.71 bits per heavy atom. The molecule has 2 heterocycles. The van der Waals surface area contributed by atoms with Crippen LogP contribution in [-0.2, 0) is 15.7 Å². The molecule has 0 saturated heterocycles. The lowest BCUT2D eigenvalue weighted by Crippen LogP contribution is -2.47. The summed E-state index contributed by atoms with van der Waals surface area (Å²) in [5.74, 6) is 0.832. The van der Waals surface area contributed by atoms with Gasteiger partial charge in [0.15, 0.2) is 0 Å². The number of benzene rings is 2. The highest BCUT2D eigenvalue weighted by Gasteiger charge is 2.30. The zero-order valence-corrected chi connectivity index (χ0v) is 23.1. The van der Waals surface area contributed by atoms with Crippen LogP contribution in [0, 0.1) is 0 Å². The fourth-order valence-corrected chi connectivity index (χ4v) is 4.21. The van der Waals surface area contributed by atoms with Crippen molar-refractivity contribution in [2.24, 2.45) is 0 Å². The normalized spacial score (nSPS) is 13.4. The number of alkyl halides is 3. The summed E-state index contributed by atoms with van der Waals surface area (Å²) in [6.07, 6.45) is -0.977. The van der Waals surface area contributed by atoms with Crippen molar-refractivity contribution < 1.29 is 32.5 Å². The molecule has 9 nitrogen and oxygen atoms in total. The van der Waals surface area contributed by atoms with Crippen LogP contribution in [0.3, 0.4) is 0 Å². The van der Waals surface area contributed by atoms with E-state index >= 15 is 0 Å². The van der Waals surface area contributed by atoms with Crippen LogP contribution < -0.4 is 20.7 Å². The highest BCUT2D eigenvalue weighted by atomic mass is 35.5. The first kappa shape index (κ1) is 30.1. The highest BCUT2D eigenvalue weighted by molar-refractivity contribution is 6.32. The van der Waals surface area contributed by atoms with Gasteiger partial charge in [0, 0.05) is 17.8 Å². The number of hydrogen-bond acceptors (Lipinski definition) is 8. The van der Waals surface area contributed by atoms with Crippen LogP contribution in [0.1, 0.15) is 31.4 Å². The maximum Gasteiger partial charge on any atom is 0.416 e. The summed E-state index contributed by atoms with van der Waals surface area (Å²) in [6.45, 7) is 4.42. The molecule has 13 heteroatoms. The quantitative estimate of drug-likeness (QED) is 0.219. The van der Waals surface area contributed by atoms with E-state index in [0.717, 1.165) is 12.1 Å². The van der Waals surface area contributed by atoms with Gasteiger partial charge in [0.2, 0.25) is 5.91 Å². The van der Waals surface area contributed by atoms with Crippen molar-refractivity contribution in [1.82, 2.24) is 15.3 Å². The molecule has 0 fully saturated rings. The maximum absolute atomic E-state index is 13.1. The van der Waals surface area contributed by atoms with Crippen molar-refractivity contribution in [2.45, 2.75) is 32.0 Å². The van der Waals surface area contributed by atoms with E-state index in [-0.39, 0.29) is 42.2 Å². The Morgan fingerprint density at radius 1 is 1.17 bits per heavy atom. The number of nitrogens with zero attached hydrogens (tertiary/aromatic N) is 2. The predicted molar refractivity (Wildman–Crippen MR) is 149 cm³/mol. The number of rotatable bonds is 10. The summed E-state index contributed by atoms with van der Waals surface area (Å²) in [5.41, 5.74) is 0.0934. The lowest BCUT2D eigenvalue weighted by Gasteiger charge is -2.26. The van der Waals surface area contributed by atoms with Gasteiger partial charge in [-0.05, 0) is 62.7 Å². The molecule has 3 aromatic rings. The summed E-state index contributed by atoms with van der Waals surface area (Å²) < 4.78 is 50.1. The Morgan fingerprint density at radius 2 is 1.98 bits per heavy atom. The molecule has 0 saturated carbocycles. The largest absolute Gasteiger partial charge is 0.456 e. The summed E-state index contributed by atoms with van der Waals surface area (Å²) in [4.78, 5) is 21.8. The van der Waals surface area contributed by atoms with E-state index in [9.17, 15) is 18.0 Å². The SMILES string of the molecule is CC(C)(COCCO)NC(=O)C1=Cc2c(ncnc2Nc2ccc(Oc3cccc(C(F)(F)F)c3)c(Cl)c2)NCC1. The van der Waals surface area contributed by atoms with Gasteiger partial charge in [0.05, 0.1) is 41.5 Å². The van der Waals surface area contributed by atoms with Crippen LogP contribution in [0.5, 0.6) is 11.5 Å². The van der Waals surface area contributed by atoms with Crippen LogP contribution in [0.4, 0.5) is 30.5 Å². The number of aliphatic hydroxyl groups is 1. The van der Waals surface area contributed by atoms with Gasteiger partial charge in [-0.25, -0.2) is 9.97 Å². The van der Waals surface area contributed by atoms with Gasteiger partial charge in [-0.2, -0.15) is 13.2 Å². The van der Waals surface area contributed by atoms with Gasteiger partial charge in [-0.15, -0.1) is 0 Å². The molecule has 0 aliphatic carbocycles. The van der Waals surface area contributed by atoms with E-state index in [1.165, 1.54) is 24.5 Å². The third-order valence-corrected chi connectivity index (χ3v) is 6.21. The molecule has 2 aromatic carbocycles. The standard InChI is InChI=1S/C28H29ClF3N5O4/c1-27(2,15-40-11-10-38)37-26(39)17-8-9-33-24-21(12-17)25(35-16-34-24)36-19-6-7-23(22(29)14-19)41-20-5-3-4-18(13-20)28(30,31)32/h3-7,12-14,16,38H,8-11,15H2,1-2H3,(H,37,39)(H2,33,34,35,36). The number of carbonyl (C=O) groups excluding carboxylic acids is 1. The minimum Gasteiger partial charge on any atom is -0.456 e. The first-order valence-corrected chi connectivity index (χ1v) is 13.1.